The van der Waals surface area contributed by atoms with Gasteiger partial charge in [-0.25, -0.2) is 8.42 Å². The first-order chi connectivity index (χ1) is 20.3. The molecule has 3 fully saturated rings. The molecule has 1 N–H and O–H groups in total. The van der Waals surface area contributed by atoms with E-state index in [-0.39, 0.29) is 29.1 Å². The molecule has 1 atom stereocenters. The Morgan fingerprint density at radius 3 is 2.29 bits per heavy atom. The van der Waals surface area contributed by atoms with Gasteiger partial charge in [-0.2, -0.15) is 4.31 Å². The highest BCUT2D eigenvalue weighted by Gasteiger charge is 2.46. The highest BCUT2D eigenvalue weighted by molar-refractivity contribution is 7.89. The summed E-state index contributed by atoms with van der Waals surface area (Å²) in [6.45, 7) is 7.42. The van der Waals surface area contributed by atoms with Crippen LogP contribution in [0.1, 0.15) is 30.5 Å². The normalized spacial score (nSPS) is 22.0. The van der Waals surface area contributed by atoms with E-state index in [4.69, 9.17) is 14.2 Å². The number of sulfonamides is 1. The van der Waals surface area contributed by atoms with Gasteiger partial charge in [0.1, 0.15) is 11.5 Å². The van der Waals surface area contributed by atoms with Gasteiger partial charge in [0.25, 0.3) is 11.7 Å². The number of aliphatic hydroxyl groups is 1. The van der Waals surface area contributed by atoms with Gasteiger partial charge < -0.3 is 24.2 Å². The number of hydrogen-bond acceptors (Lipinski definition) is 9. The van der Waals surface area contributed by atoms with E-state index in [0.717, 1.165) is 19.6 Å². The predicted octanol–water partition coefficient (Wildman–Crippen LogP) is 2.25. The lowest BCUT2D eigenvalue weighted by Gasteiger charge is -2.29. The van der Waals surface area contributed by atoms with Crippen LogP contribution in [-0.4, -0.2) is 112 Å². The molecule has 0 bridgehead atoms. The van der Waals surface area contributed by atoms with Crippen molar-refractivity contribution in [1.82, 2.24) is 14.1 Å². The third kappa shape index (κ3) is 6.37. The lowest BCUT2D eigenvalue weighted by Crippen LogP contribution is -2.40. The number of aliphatic hydroxyl groups excluding tert-OH is 1. The van der Waals surface area contributed by atoms with Crippen molar-refractivity contribution in [1.29, 1.82) is 0 Å². The zero-order valence-corrected chi connectivity index (χ0v) is 24.6. The topological polar surface area (TPSA) is 126 Å². The van der Waals surface area contributed by atoms with Crippen LogP contribution in [0.3, 0.4) is 0 Å². The fourth-order valence-electron chi connectivity index (χ4n) is 5.56. The van der Waals surface area contributed by atoms with Crippen molar-refractivity contribution in [2.75, 3.05) is 72.3 Å². The van der Waals surface area contributed by atoms with E-state index in [2.05, 4.69) is 4.90 Å². The number of hydrogen-bond donors (Lipinski definition) is 1. The van der Waals surface area contributed by atoms with Gasteiger partial charge in [0.05, 0.1) is 49.5 Å². The Hall–Kier alpha value is -3.29. The Morgan fingerprint density at radius 2 is 1.62 bits per heavy atom. The predicted molar refractivity (Wildman–Crippen MR) is 155 cm³/mol. The molecule has 1 unspecified atom stereocenters. The summed E-state index contributed by atoms with van der Waals surface area (Å²) < 4.78 is 44.2. The molecule has 2 aromatic rings. The zero-order valence-electron chi connectivity index (χ0n) is 23.7. The van der Waals surface area contributed by atoms with Gasteiger partial charge in [0.15, 0.2) is 0 Å². The molecule has 11 nitrogen and oxygen atoms in total. The van der Waals surface area contributed by atoms with E-state index in [9.17, 15) is 23.1 Å². The van der Waals surface area contributed by atoms with Crippen molar-refractivity contribution in [2.45, 2.75) is 24.3 Å². The standard InChI is InChI=1S/C30H37N3O8S/c1-2-41-24-9-7-22(8-10-24)27-26(29(35)30(36)33(27)12-4-11-31-13-17-39-18-14-31)28(34)23-5-3-6-25(21-23)42(37,38)32-15-19-40-20-16-32/h3,5-10,21,27,34H,2,4,11-20H2,1H3. The summed E-state index contributed by atoms with van der Waals surface area (Å²) in [5.74, 6) is -1.28. The van der Waals surface area contributed by atoms with Crippen LogP contribution >= 0.6 is 0 Å². The summed E-state index contributed by atoms with van der Waals surface area (Å²) in [5, 5.41) is 11.5. The van der Waals surface area contributed by atoms with E-state index in [1.165, 1.54) is 33.5 Å². The lowest BCUT2D eigenvalue weighted by molar-refractivity contribution is -0.140. The Labute approximate surface area is 246 Å². The van der Waals surface area contributed by atoms with Crippen LogP contribution in [0.2, 0.25) is 0 Å². The number of morpholine rings is 2. The molecular formula is C30H37N3O8S. The molecule has 0 spiro atoms. The average Bonchev–Trinajstić information content (AvgIpc) is 3.27. The largest absolute Gasteiger partial charge is 0.507 e. The highest BCUT2D eigenvalue weighted by Crippen LogP contribution is 2.40. The molecular weight excluding hydrogens is 562 g/mol. The first-order valence-corrected chi connectivity index (χ1v) is 15.7. The number of nitrogens with zero attached hydrogens (tertiary/aromatic N) is 3. The second kappa shape index (κ2) is 13.3. The summed E-state index contributed by atoms with van der Waals surface area (Å²) >= 11 is 0. The van der Waals surface area contributed by atoms with Crippen LogP contribution < -0.4 is 4.74 Å². The summed E-state index contributed by atoms with van der Waals surface area (Å²) in [4.78, 5) is 30.6. The van der Waals surface area contributed by atoms with Crippen molar-refractivity contribution >= 4 is 27.5 Å². The number of ketones is 1. The summed E-state index contributed by atoms with van der Waals surface area (Å²) in [7, 11) is -3.85. The van der Waals surface area contributed by atoms with Crippen LogP contribution in [0, 0.1) is 0 Å². The average molecular weight is 600 g/mol. The lowest BCUT2D eigenvalue weighted by atomic mass is 9.95. The quantitative estimate of drug-likeness (QED) is 0.249. The van der Waals surface area contributed by atoms with Gasteiger partial charge in [-0.1, -0.05) is 24.3 Å². The van der Waals surface area contributed by atoms with E-state index in [0.29, 0.717) is 57.3 Å². The molecule has 0 aliphatic carbocycles. The van der Waals surface area contributed by atoms with Crippen LogP contribution in [0.15, 0.2) is 59.0 Å². The maximum Gasteiger partial charge on any atom is 0.295 e. The molecule has 1 amide bonds. The Morgan fingerprint density at radius 1 is 0.952 bits per heavy atom. The van der Waals surface area contributed by atoms with Crippen LogP contribution in [0.25, 0.3) is 5.76 Å². The van der Waals surface area contributed by atoms with Crippen molar-refractivity contribution in [3.05, 3.63) is 65.2 Å². The number of benzene rings is 2. The Balaban J connectivity index is 1.49. The minimum Gasteiger partial charge on any atom is -0.507 e. The number of Topliss-reactive ketones (excluding diaryl/α,β-unsaturated/α-hetero) is 1. The van der Waals surface area contributed by atoms with Crippen molar-refractivity contribution < 1.29 is 37.3 Å². The van der Waals surface area contributed by atoms with Gasteiger partial charge in [0.2, 0.25) is 10.0 Å². The van der Waals surface area contributed by atoms with E-state index < -0.39 is 33.5 Å². The molecule has 5 rings (SSSR count). The van der Waals surface area contributed by atoms with Crippen LogP contribution in [0.4, 0.5) is 0 Å². The SMILES string of the molecule is CCOc1ccc(C2C(=C(O)c3cccc(S(=O)(=O)N4CCOCC4)c3)C(=O)C(=O)N2CCCN2CCOCC2)cc1. The minimum atomic E-state index is -3.85. The van der Waals surface area contributed by atoms with Crippen LogP contribution in [0.5, 0.6) is 5.75 Å². The molecule has 3 heterocycles. The summed E-state index contributed by atoms with van der Waals surface area (Å²) in [6, 6.07) is 12.1. The fourth-order valence-corrected chi connectivity index (χ4v) is 7.01. The second-order valence-corrected chi connectivity index (χ2v) is 12.3. The fraction of sp³-hybridized carbons (Fsp3) is 0.467. The molecule has 12 heteroatoms. The smallest absolute Gasteiger partial charge is 0.295 e. The Kier molecular flexibility index (Phi) is 9.59. The summed E-state index contributed by atoms with van der Waals surface area (Å²) in [5.41, 5.74) is 0.714. The first kappa shape index (κ1) is 30.2. The molecule has 226 valence electrons. The maximum atomic E-state index is 13.5. The van der Waals surface area contributed by atoms with E-state index >= 15 is 0 Å². The zero-order chi connectivity index (χ0) is 29.7. The summed E-state index contributed by atoms with van der Waals surface area (Å²) in [6.07, 6.45) is 0.633. The van der Waals surface area contributed by atoms with Crippen molar-refractivity contribution in [3.8, 4) is 5.75 Å². The van der Waals surface area contributed by atoms with Crippen molar-refractivity contribution in [3.63, 3.8) is 0 Å². The van der Waals surface area contributed by atoms with Crippen LogP contribution in [-0.2, 0) is 29.1 Å². The molecule has 3 saturated heterocycles. The molecule has 0 aromatic heterocycles. The monoisotopic (exact) mass is 599 g/mol. The van der Waals surface area contributed by atoms with Gasteiger partial charge >= 0.3 is 0 Å². The molecule has 0 saturated carbocycles. The number of carbonyl (C=O) groups excluding carboxylic acids is 2. The highest BCUT2D eigenvalue weighted by atomic mass is 32.2. The molecule has 42 heavy (non-hydrogen) atoms. The first-order valence-electron chi connectivity index (χ1n) is 14.3. The van der Waals surface area contributed by atoms with E-state index in [1.807, 2.05) is 6.92 Å². The third-order valence-electron chi connectivity index (χ3n) is 7.74. The van der Waals surface area contributed by atoms with Gasteiger partial charge in [0, 0.05) is 44.8 Å². The van der Waals surface area contributed by atoms with Gasteiger partial charge in [-0.3, -0.25) is 14.5 Å². The minimum absolute atomic E-state index is 0.00851. The number of amides is 1. The Bertz CT molecular complexity index is 1410. The molecule has 3 aliphatic rings. The van der Waals surface area contributed by atoms with Gasteiger partial charge in [-0.05, 0) is 43.2 Å². The number of ether oxygens (including phenoxy) is 3. The van der Waals surface area contributed by atoms with Gasteiger partial charge in [-0.15, -0.1) is 0 Å². The number of likely N-dealkylation sites (tertiary alicyclic amines) is 1. The van der Waals surface area contributed by atoms with E-state index in [1.54, 1.807) is 24.3 Å². The molecule has 2 aromatic carbocycles. The maximum absolute atomic E-state index is 13.5. The third-order valence-corrected chi connectivity index (χ3v) is 9.63. The number of carbonyl (C=O) groups is 2. The van der Waals surface area contributed by atoms with Crippen molar-refractivity contribution in [2.24, 2.45) is 0 Å². The number of rotatable bonds is 10. The molecule has 0 radical (unpaired) electrons. The molecule has 3 aliphatic heterocycles. The second-order valence-electron chi connectivity index (χ2n) is 10.3.